The predicted molar refractivity (Wildman–Crippen MR) is 111 cm³/mol. The van der Waals surface area contributed by atoms with Crippen LogP contribution >= 0.6 is 0 Å². The zero-order valence-corrected chi connectivity index (χ0v) is 18.0. The van der Waals surface area contributed by atoms with Crippen LogP contribution in [0, 0.1) is 53.3 Å². The lowest BCUT2D eigenvalue weighted by Crippen LogP contribution is -2.40. The summed E-state index contributed by atoms with van der Waals surface area (Å²) in [5.74, 6) is 9.16. The number of rotatable bonds is 9. The van der Waals surface area contributed by atoms with Gasteiger partial charge in [-0.05, 0) is 72.5 Å². The minimum Gasteiger partial charge on any atom is -0.0651 e. The lowest BCUT2D eigenvalue weighted by atomic mass is 9.58. The minimum atomic E-state index is 0.961. The molecule has 0 aliphatic heterocycles. The van der Waals surface area contributed by atoms with Gasteiger partial charge in [0.25, 0.3) is 0 Å². The van der Waals surface area contributed by atoms with E-state index in [1.54, 1.807) is 12.8 Å². The third-order valence-corrected chi connectivity index (χ3v) is 9.12. The molecule has 0 aromatic carbocycles. The molecule has 3 aliphatic rings. The van der Waals surface area contributed by atoms with Crippen LogP contribution in [0.5, 0.6) is 0 Å². The van der Waals surface area contributed by atoms with Gasteiger partial charge in [-0.25, -0.2) is 0 Å². The molecule has 7 unspecified atom stereocenters. The van der Waals surface area contributed by atoms with E-state index in [-0.39, 0.29) is 0 Å². The van der Waals surface area contributed by atoms with Crippen LogP contribution in [0.15, 0.2) is 0 Å². The maximum absolute atomic E-state index is 2.63. The molecule has 3 aliphatic carbocycles. The van der Waals surface area contributed by atoms with Crippen molar-refractivity contribution in [3.05, 3.63) is 0 Å². The Labute approximate surface area is 158 Å². The van der Waals surface area contributed by atoms with Crippen molar-refractivity contribution in [1.29, 1.82) is 0 Å². The second-order valence-electron chi connectivity index (χ2n) is 10.5. The molecular weight excluding hydrogens is 300 g/mol. The Morgan fingerprint density at radius 3 is 2.16 bits per heavy atom. The zero-order chi connectivity index (χ0) is 18.0. The summed E-state index contributed by atoms with van der Waals surface area (Å²) in [6, 6.07) is 0. The lowest BCUT2D eigenvalue weighted by Gasteiger charge is -2.47. The molecule has 146 valence electrons. The fourth-order valence-electron chi connectivity index (χ4n) is 7.13. The van der Waals surface area contributed by atoms with E-state index in [9.17, 15) is 0 Å². The summed E-state index contributed by atoms with van der Waals surface area (Å²) in [5, 5.41) is 0. The largest absolute Gasteiger partial charge is 0.0651 e. The number of hydrogen-bond acceptors (Lipinski definition) is 0. The van der Waals surface area contributed by atoms with Crippen molar-refractivity contribution < 1.29 is 0 Å². The molecule has 0 heterocycles. The molecule has 0 amide bonds. The fourth-order valence-corrected chi connectivity index (χ4v) is 7.13. The third kappa shape index (κ3) is 4.47. The van der Waals surface area contributed by atoms with E-state index < -0.39 is 0 Å². The Morgan fingerprint density at radius 2 is 1.64 bits per heavy atom. The Kier molecular flexibility index (Phi) is 6.95. The van der Waals surface area contributed by atoms with Gasteiger partial charge in [-0.15, -0.1) is 0 Å². The summed E-state index contributed by atoms with van der Waals surface area (Å²) in [5.41, 5.74) is 0. The first-order chi connectivity index (χ1) is 12.1. The monoisotopic (exact) mass is 346 g/mol. The van der Waals surface area contributed by atoms with Crippen LogP contribution in [-0.4, -0.2) is 0 Å². The first kappa shape index (κ1) is 19.8. The van der Waals surface area contributed by atoms with Gasteiger partial charge in [0.2, 0.25) is 0 Å². The Hall–Kier alpha value is 0. The molecule has 0 aromatic heterocycles. The molecule has 0 N–H and O–H groups in total. The van der Waals surface area contributed by atoms with Crippen molar-refractivity contribution >= 4 is 0 Å². The smallest absolute Gasteiger partial charge is 0.0324 e. The van der Waals surface area contributed by atoms with Gasteiger partial charge in [-0.3, -0.25) is 0 Å². The van der Waals surface area contributed by atoms with Crippen molar-refractivity contribution in [1.82, 2.24) is 0 Å². The Bertz CT molecular complexity index is 391. The molecule has 0 radical (unpaired) electrons. The fraction of sp³-hybridized carbons (Fsp3) is 1.00. The van der Waals surface area contributed by atoms with Gasteiger partial charge in [-0.1, -0.05) is 86.0 Å². The molecular formula is C25H46. The quantitative estimate of drug-likeness (QED) is 0.397. The molecule has 3 saturated carbocycles. The molecule has 0 saturated heterocycles. The maximum Gasteiger partial charge on any atom is -0.0324 e. The van der Waals surface area contributed by atoms with Crippen molar-refractivity contribution in [2.45, 2.75) is 105 Å². The van der Waals surface area contributed by atoms with E-state index in [2.05, 4.69) is 34.6 Å². The highest BCUT2D eigenvalue weighted by Crippen LogP contribution is 2.55. The second-order valence-corrected chi connectivity index (χ2v) is 10.5. The molecule has 0 heteroatoms. The summed E-state index contributed by atoms with van der Waals surface area (Å²) < 4.78 is 0. The van der Waals surface area contributed by atoms with Crippen LogP contribution in [-0.2, 0) is 0 Å². The topological polar surface area (TPSA) is 0 Å². The standard InChI is InChI=1S/C25H46/c1-6-22-17(3)12-16-24(19(22)5)25(21-14-15-21)23(7-2)18(4)11-13-20-9-8-10-20/h17-25H,6-16H2,1-5H3. The van der Waals surface area contributed by atoms with Crippen LogP contribution in [0.25, 0.3) is 0 Å². The van der Waals surface area contributed by atoms with Crippen molar-refractivity contribution in [3.63, 3.8) is 0 Å². The zero-order valence-electron chi connectivity index (χ0n) is 18.0. The first-order valence-corrected chi connectivity index (χ1v) is 12.1. The highest BCUT2D eigenvalue weighted by atomic mass is 14.5. The number of hydrogen-bond donors (Lipinski definition) is 0. The van der Waals surface area contributed by atoms with Crippen LogP contribution in [0.3, 0.4) is 0 Å². The Balaban J connectivity index is 1.67. The average Bonchev–Trinajstić information content (AvgIpc) is 3.37. The van der Waals surface area contributed by atoms with Crippen LogP contribution < -0.4 is 0 Å². The van der Waals surface area contributed by atoms with E-state index in [1.165, 1.54) is 57.8 Å². The van der Waals surface area contributed by atoms with Crippen LogP contribution in [0.1, 0.15) is 105 Å². The molecule has 3 rings (SSSR count). The molecule has 7 atom stereocenters. The predicted octanol–water partition coefficient (Wildman–Crippen LogP) is 7.96. The van der Waals surface area contributed by atoms with Gasteiger partial charge < -0.3 is 0 Å². The molecule has 0 nitrogen and oxygen atoms in total. The summed E-state index contributed by atoms with van der Waals surface area (Å²) >= 11 is 0. The molecule has 0 spiro atoms. The van der Waals surface area contributed by atoms with Gasteiger partial charge in [0.15, 0.2) is 0 Å². The third-order valence-electron chi connectivity index (χ3n) is 9.12. The highest BCUT2D eigenvalue weighted by Gasteiger charge is 2.46. The van der Waals surface area contributed by atoms with Gasteiger partial charge in [0, 0.05) is 0 Å². The maximum atomic E-state index is 2.63. The average molecular weight is 347 g/mol. The Morgan fingerprint density at radius 1 is 0.920 bits per heavy atom. The lowest BCUT2D eigenvalue weighted by molar-refractivity contribution is 0.0181. The van der Waals surface area contributed by atoms with Gasteiger partial charge >= 0.3 is 0 Å². The molecule has 0 bridgehead atoms. The van der Waals surface area contributed by atoms with Crippen molar-refractivity contribution in [3.8, 4) is 0 Å². The summed E-state index contributed by atoms with van der Waals surface area (Å²) in [4.78, 5) is 0. The van der Waals surface area contributed by atoms with Gasteiger partial charge in [0.1, 0.15) is 0 Å². The van der Waals surface area contributed by atoms with Crippen molar-refractivity contribution in [2.75, 3.05) is 0 Å². The van der Waals surface area contributed by atoms with E-state index in [1.807, 2.05) is 0 Å². The van der Waals surface area contributed by atoms with E-state index in [4.69, 9.17) is 0 Å². The van der Waals surface area contributed by atoms with E-state index in [0.717, 1.165) is 53.3 Å². The molecule has 0 aromatic rings. The summed E-state index contributed by atoms with van der Waals surface area (Å²) in [6.07, 6.45) is 16.6. The summed E-state index contributed by atoms with van der Waals surface area (Å²) in [6.45, 7) is 12.7. The summed E-state index contributed by atoms with van der Waals surface area (Å²) in [7, 11) is 0. The van der Waals surface area contributed by atoms with E-state index >= 15 is 0 Å². The van der Waals surface area contributed by atoms with Crippen LogP contribution in [0.4, 0.5) is 0 Å². The van der Waals surface area contributed by atoms with E-state index in [0.29, 0.717) is 0 Å². The highest BCUT2D eigenvalue weighted by molar-refractivity contribution is 4.96. The first-order valence-electron chi connectivity index (χ1n) is 12.1. The van der Waals surface area contributed by atoms with Gasteiger partial charge in [-0.2, -0.15) is 0 Å². The van der Waals surface area contributed by atoms with Crippen molar-refractivity contribution in [2.24, 2.45) is 53.3 Å². The molecule has 25 heavy (non-hydrogen) atoms. The normalized spacial score (nSPS) is 37.3. The van der Waals surface area contributed by atoms with Gasteiger partial charge in [0.05, 0.1) is 0 Å². The second kappa shape index (κ2) is 8.79. The SMILES string of the molecule is CCC1C(C)CCC(C(C2CC2)C(CC)C(C)CCC2CCC2)C1C. The van der Waals surface area contributed by atoms with Crippen LogP contribution in [0.2, 0.25) is 0 Å². The minimum absolute atomic E-state index is 0.961. The molecule has 3 fully saturated rings.